The standard InChI is InChI=1S/C18H20F2N2O3.ClH/c1-24-15-7-4-13(10-16(15)25-18(19)20)8-9-22-17(23)11-12-2-5-14(21)6-3-12;/h2-7,10,18H,8-9,11,21H2,1H3,(H,22,23);1H. The van der Waals surface area contributed by atoms with Crippen molar-refractivity contribution >= 4 is 24.0 Å². The second kappa shape index (κ2) is 10.5. The predicted octanol–water partition coefficient (Wildman–Crippen LogP) is 3.20. The maximum absolute atomic E-state index is 12.4. The number of nitrogens with one attached hydrogen (secondary N) is 1. The molecule has 8 heteroatoms. The first-order valence-electron chi connectivity index (χ1n) is 7.71. The van der Waals surface area contributed by atoms with Gasteiger partial charge in [-0.2, -0.15) is 8.78 Å². The van der Waals surface area contributed by atoms with E-state index in [0.29, 0.717) is 18.7 Å². The maximum Gasteiger partial charge on any atom is 0.387 e. The van der Waals surface area contributed by atoms with E-state index in [-0.39, 0.29) is 36.2 Å². The van der Waals surface area contributed by atoms with Gasteiger partial charge in [0.15, 0.2) is 11.5 Å². The van der Waals surface area contributed by atoms with E-state index >= 15 is 0 Å². The minimum atomic E-state index is -2.93. The van der Waals surface area contributed by atoms with Crippen molar-refractivity contribution in [1.29, 1.82) is 0 Å². The van der Waals surface area contributed by atoms with Crippen LogP contribution in [0.15, 0.2) is 42.5 Å². The summed E-state index contributed by atoms with van der Waals surface area (Å²) in [6.07, 6.45) is 0.736. The lowest BCUT2D eigenvalue weighted by Crippen LogP contribution is -2.27. The molecule has 0 saturated carbocycles. The molecule has 0 spiro atoms. The van der Waals surface area contributed by atoms with Crippen LogP contribution in [0.5, 0.6) is 11.5 Å². The topological polar surface area (TPSA) is 73.6 Å². The van der Waals surface area contributed by atoms with Crippen LogP contribution in [-0.2, 0) is 17.6 Å². The van der Waals surface area contributed by atoms with Crippen LogP contribution in [0.2, 0.25) is 0 Å². The van der Waals surface area contributed by atoms with Gasteiger partial charge in [-0.25, -0.2) is 0 Å². The number of carbonyl (C=O) groups excluding carboxylic acids is 1. The molecule has 2 rings (SSSR count). The van der Waals surface area contributed by atoms with Crippen LogP contribution in [0.4, 0.5) is 14.5 Å². The summed E-state index contributed by atoms with van der Waals surface area (Å²) in [4.78, 5) is 11.9. The molecule has 0 fully saturated rings. The Morgan fingerprint density at radius 2 is 1.77 bits per heavy atom. The van der Waals surface area contributed by atoms with Crippen molar-refractivity contribution in [3.63, 3.8) is 0 Å². The summed E-state index contributed by atoms with van der Waals surface area (Å²) in [6.45, 7) is -2.54. The van der Waals surface area contributed by atoms with E-state index in [2.05, 4.69) is 10.1 Å². The lowest BCUT2D eigenvalue weighted by Gasteiger charge is -2.12. The van der Waals surface area contributed by atoms with Crippen LogP contribution in [0.3, 0.4) is 0 Å². The zero-order chi connectivity index (χ0) is 18.2. The third kappa shape index (κ3) is 6.76. The number of alkyl halides is 2. The van der Waals surface area contributed by atoms with E-state index in [0.717, 1.165) is 11.1 Å². The molecule has 0 aromatic heterocycles. The summed E-state index contributed by atoms with van der Waals surface area (Å²) in [5, 5.41) is 2.79. The summed E-state index contributed by atoms with van der Waals surface area (Å²) >= 11 is 0. The van der Waals surface area contributed by atoms with Gasteiger partial charge < -0.3 is 20.5 Å². The van der Waals surface area contributed by atoms with Crippen molar-refractivity contribution in [2.75, 3.05) is 19.4 Å². The van der Waals surface area contributed by atoms with Gasteiger partial charge in [0.25, 0.3) is 0 Å². The molecule has 0 heterocycles. The van der Waals surface area contributed by atoms with Gasteiger partial charge in [0, 0.05) is 12.2 Å². The second-order valence-electron chi connectivity index (χ2n) is 5.38. The Kier molecular flexibility index (Phi) is 8.64. The lowest BCUT2D eigenvalue weighted by atomic mass is 10.1. The fourth-order valence-corrected chi connectivity index (χ4v) is 2.29. The van der Waals surface area contributed by atoms with Crippen LogP contribution < -0.4 is 20.5 Å². The molecule has 0 aliphatic rings. The predicted molar refractivity (Wildman–Crippen MR) is 98.1 cm³/mol. The zero-order valence-corrected chi connectivity index (χ0v) is 15.0. The minimum absolute atomic E-state index is 0. The smallest absolute Gasteiger partial charge is 0.387 e. The SMILES string of the molecule is COc1ccc(CCNC(=O)Cc2ccc(N)cc2)cc1OC(F)F.Cl. The van der Waals surface area contributed by atoms with Crippen LogP contribution in [0, 0.1) is 0 Å². The van der Waals surface area contributed by atoms with E-state index in [1.54, 1.807) is 36.4 Å². The molecule has 5 nitrogen and oxygen atoms in total. The van der Waals surface area contributed by atoms with Crippen molar-refractivity contribution in [2.24, 2.45) is 0 Å². The fraction of sp³-hybridized carbons (Fsp3) is 0.278. The van der Waals surface area contributed by atoms with E-state index in [9.17, 15) is 13.6 Å². The molecular formula is C18H21ClF2N2O3. The van der Waals surface area contributed by atoms with Crippen LogP contribution >= 0.6 is 12.4 Å². The Balaban J connectivity index is 0.00000338. The van der Waals surface area contributed by atoms with E-state index in [4.69, 9.17) is 10.5 Å². The molecule has 0 radical (unpaired) electrons. The number of amides is 1. The van der Waals surface area contributed by atoms with Gasteiger partial charge >= 0.3 is 6.61 Å². The highest BCUT2D eigenvalue weighted by molar-refractivity contribution is 5.85. The molecule has 142 valence electrons. The van der Waals surface area contributed by atoms with Crippen molar-refractivity contribution in [1.82, 2.24) is 5.32 Å². The molecule has 0 bridgehead atoms. The molecule has 3 N–H and O–H groups in total. The number of carbonyl (C=O) groups is 1. The fourth-order valence-electron chi connectivity index (χ4n) is 2.29. The highest BCUT2D eigenvalue weighted by Crippen LogP contribution is 2.29. The summed E-state index contributed by atoms with van der Waals surface area (Å²) in [6, 6.07) is 11.9. The lowest BCUT2D eigenvalue weighted by molar-refractivity contribution is -0.120. The molecule has 0 unspecified atom stereocenters. The van der Waals surface area contributed by atoms with Crippen LogP contribution in [-0.4, -0.2) is 26.2 Å². The molecule has 2 aromatic rings. The van der Waals surface area contributed by atoms with Gasteiger partial charge in [-0.15, -0.1) is 12.4 Å². The van der Waals surface area contributed by atoms with Crippen molar-refractivity contribution in [2.45, 2.75) is 19.5 Å². The molecule has 2 aromatic carbocycles. The normalized spacial score (nSPS) is 10.2. The number of benzene rings is 2. The van der Waals surface area contributed by atoms with Gasteiger partial charge in [0.2, 0.25) is 5.91 Å². The number of hydrogen-bond acceptors (Lipinski definition) is 4. The number of nitrogen functional groups attached to an aromatic ring is 1. The van der Waals surface area contributed by atoms with Gasteiger partial charge in [0.05, 0.1) is 13.5 Å². The minimum Gasteiger partial charge on any atom is -0.493 e. The summed E-state index contributed by atoms with van der Waals surface area (Å²) in [7, 11) is 1.38. The molecule has 0 saturated heterocycles. The van der Waals surface area contributed by atoms with E-state index in [1.807, 2.05) is 0 Å². The Morgan fingerprint density at radius 1 is 1.12 bits per heavy atom. The van der Waals surface area contributed by atoms with Gasteiger partial charge in [-0.3, -0.25) is 4.79 Å². The third-order valence-corrected chi connectivity index (χ3v) is 3.52. The Hall–Kier alpha value is -2.54. The Labute approximate surface area is 156 Å². The largest absolute Gasteiger partial charge is 0.493 e. The van der Waals surface area contributed by atoms with Crippen molar-refractivity contribution in [3.05, 3.63) is 53.6 Å². The number of halogens is 3. The first-order chi connectivity index (χ1) is 12.0. The summed E-state index contributed by atoms with van der Waals surface area (Å²) in [5.74, 6) is 0.0852. The quantitative estimate of drug-likeness (QED) is 0.683. The molecule has 0 atom stereocenters. The third-order valence-electron chi connectivity index (χ3n) is 3.52. The Bertz CT molecular complexity index is 712. The summed E-state index contributed by atoms with van der Waals surface area (Å²) < 4.78 is 34.3. The molecule has 1 amide bonds. The molecular weight excluding hydrogens is 366 g/mol. The van der Waals surface area contributed by atoms with Gasteiger partial charge in [-0.1, -0.05) is 18.2 Å². The number of nitrogens with two attached hydrogens (primary N) is 1. The highest BCUT2D eigenvalue weighted by atomic mass is 35.5. The summed E-state index contributed by atoms with van der Waals surface area (Å²) in [5.41, 5.74) is 7.86. The number of ether oxygens (including phenoxy) is 2. The molecule has 26 heavy (non-hydrogen) atoms. The Morgan fingerprint density at radius 3 is 2.38 bits per heavy atom. The van der Waals surface area contributed by atoms with E-state index in [1.165, 1.54) is 13.2 Å². The van der Waals surface area contributed by atoms with Crippen molar-refractivity contribution in [3.8, 4) is 11.5 Å². The average molecular weight is 387 g/mol. The maximum atomic E-state index is 12.4. The first-order valence-corrected chi connectivity index (χ1v) is 7.71. The van der Waals surface area contributed by atoms with Crippen molar-refractivity contribution < 1.29 is 23.0 Å². The van der Waals surface area contributed by atoms with Gasteiger partial charge in [-0.05, 0) is 41.8 Å². The zero-order valence-electron chi connectivity index (χ0n) is 14.2. The van der Waals surface area contributed by atoms with Gasteiger partial charge in [0.1, 0.15) is 0 Å². The van der Waals surface area contributed by atoms with E-state index < -0.39 is 6.61 Å². The van der Waals surface area contributed by atoms with Crippen LogP contribution in [0.25, 0.3) is 0 Å². The van der Waals surface area contributed by atoms with Crippen LogP contribution in [0.1, 0.15) is 11.1 Å². The monoisotopic (exact) mass is 386 g/mol. The number of anilines is 1. The first kappa shape index (κ1) is 21.5. The molecule has 0 aliphatic heterocycles. The second-order valence-corrected chi connectivity index (χ2v) is 5.38. The highest BCUT2D eigenvalue weighted by Gasteiger charge is 2.11. The molecule has 0 aliphatic carbocycles. The number of methoxy groups -OCH3 is 1. The number of rotatable bonds is 8. The number of hydrogen-bond donors (Lipinski definition) is 2. The average Bonchev–Trinajstić information content (AvgIpc) is 2.57.